The fraction of sp³-hybridized carbons (Fsp3) is 0.316. The first-order chi connectivity index (χ1) is 12.9. The minimum absolute atomic E-state index is 0.0375. The molecular formula is C19H20N2O5S. The summed E-state index contributed by atoms with van der Waals surface area (Å²) in [5.74, 6) is 0.320. The largest absolute Gasteiger partial charge is 0.490 e. The van der Waals surface area contributed by atoms with E-state index in [-0.39, 0.29) is 17.8 Å². The summed E-state index contributed by atoms with van der Waals surface area (Å²) in [5.41, 5.74) is 2.06. The Hall–Kier alpha value is -2.42. The lowest BCUT2D eigenvalue weighted by atomic mass is 10.1. The van der Waals surface area contributed by atoms with Crippen molar-refractivity contribution in [3.8, 4) is 5.75 Å². The third kappa shape index (κ3) is 5.06. The zero-order valence-electron chi connectivity index (χ0n) is 14.7. The van der Waals surface area contributed by atoms with Gasteiger partial charge in [-0.1, -0.05) is 30.0 Å². The highest BCUT2D eigenvalue weighted by atomic mass is 32.2. The van der Waals surface area contributed by atoms with Gasteiger partial charge in [-0.2, -0.15) is 0 Å². The van der Waals surface area contributed by atoms with Crippen LogP contribution >= 0.6 is 11.8 Å². The number of ether oxygens (including phenoxy) is 1. The van der Waals surface area contributed by atoms with Gasteiger partial charge in [0.2, 0.25) is 5.91 Å². The molecule has 0 radical (unpaired) electrons. The van der Waals surface area contributed by atoms with E-state index in [2.05, 4.69) is 10.3 Å². The van der Waals surface area contributed by atoms with Crippen LogP contribution in [0.15, 0.2) is 42.6 Å². The summed E-state index contributed by atoms with van der Waals surface area (Å²) in [6.45, 7) is 1.69. The monoisotopic (exact) mass is 388 g/mol. The SMILES string of the molecule is CC(O)c1ccc(C(O)COc2ccc(CC3SC(=O)NC3=O)cc2)nc1. The van der Waals surface area contributed by atoms with E-state index in [1.165, 1.54) is 6.20 Å². The molecule has 7 nitrogen and oxygen atoms in total. The fourth-order valence-electron chi connectivity index (χ4n) is 2.58. The van der Waals surface area contributed by atoms with Gasteiger partial charge in [0, 0.05) is 6.20 Å². The van der Waals surface area contributed by atoms with Gasteiger partial charge in [0.05, 0.1) is 17.0 Å². The number of hydrogen-bond acceptors (Lipinski definition) is 7. The van der Waals surface area contributed by atoms with Crippen LogP contribution in [0.2, 0.25) is 0 Å². The molecule has 3 unspecified atom stereocenters. The second kappa shape index (κ2) is 8.51. The van der Waals surface area contributed by atoms with Crippen LogP contribution in [0.1, 0.15) is 36.0 Å². The molecule has 1 fully saturated rings. The van der Waals surface area contributed by atoms with Gasteiger partial charge in [-0.15, -0.1) is 0 Å². The molecule has 2 amide bonds. The lowest BCUT2D eigenvalue weighted by Crippen LogP contribution is -2.25. The van der Waals surface area contributed by atoms with Gasteiger partial charge in [0.25, 0.3) is 5.24 Å². The van der Waals surface area contributed by atoms with Crippen molar-refractivity contribution in [2.75, 3.05) is 6.61 Å². The first-order valence-electron chi connectivity index (χ1n) is 8.47. The maximum Gasteiger partial charge on any atom is 0.286 e. The summed E-state index contributed by atoms with van der Waals surface area (Å²) < 4.78 is 5.59. The average Bonchev–Trinajstić information content (AvgIpc) is 2.98. The highest BCUT2D eigenvalue weighted by Gasteiger charge is 2.31. The van der Waals surface area contributed by atoms with Gasteiger partial charge in [-0.25, -0.2) is 0 Å². The van der Waals surface area contributed by atoms with Crippen molar-refractivity contribution in [2.24, 2.45) is 0 Å². The molecule has 0 bridgehead atoms. The smallest absolute Gasteiger partial charge is 0.286 e. The fourth-order valence-corrected chi connectivity index (χ4v) is 3.44. The Bertz CT molecular complexity index is 808. The Morgan fingerprint density at radius 3 is 2.48 bits per heavy atom. The Morgan fingerprint density at radius 1 is 1.19 bits per heavy atom. The number of nitrogens with zero attached hydrogens (tertiary/aromatic N) is 1. The van der Waals surface area contributed by atoms with Crippen LogP contribution in [0.3, 0.4) is 0 Å². The van der Waals surface area contributed by atoms with Gasteiger partial charge in [0.15, 0.2) is 0 Å². The molecule has 1 saturated heterocycles. The molecule has 0 spiro atoms. The Kier molecular flexibility index (Phi) is 6.10. The Labute approximate surface area is 160 Å². The average molecular weight is 388 g/mol. The number of rotatable bonds is 7. The molecule has 2 aromatic rings. The Morgan fingerprint density at radius 2 is 1.93 bits per heavy atom. The highest BCUT2D eigenvalue weighted by Crippen LogP contribution is 2.24. The molecule has 8 heteroatoms. The maximum absolute atomic E-state index is 11.6. The van der Waals surface area contributed by atoms with E-state index in [1.807, 2.05) is 12.1 Å². The molecule has 142 valence electrons. The molecule has 3 rings (SSSR count). The molecule has 27 heavy (non-hydrogen) atoms. The number of thioether (sulfide) groups is 1. The van der Waals surface area contributed by atoms with Gasteiger partial charge < -0.3 is 14.9 Å². The Balaban J connectivity index is 1.52. The lowest BCUT2D eigenvalue weighted by molar-refractivity contribution is -0.118. The predicted molar refractivity (Wildman–Crippen MR) is 100 cm³/mol. The van der Waals surface area contributed by atoms with Crippen molar-refractivity contribution in [3.63, 3.8) is 0 Å². The molecule has 1 aromatic carbocycles. The lowest BCUT2D eigenvalue weighted by Gasteiger charge is -2.13. The molecule has 1 aromatic heterocycles. The number of carbonyl (C=O) groups excluding carboxylic acids is 2. The van der Waals surface area contributed by atoms with Crippen LogP contribution < -0.4 is 10.1 Å². The van der Waals surface area contributed by atoms with Crippen molar-refractivity contribution < 1.29 is 24.5 Å². The van der Waals surface area contributed by atoms with Crippen LogP contribution in [-0.2, 0) is 11.2 Å². The maximum atomic E-state index is 11.6. The van der Waals surface area contributed by atoms with Crippen LogP contribution in [0.4, 0.5) is 4.79 Å². The van der Waals surface area contributed by atoms with Crippen molar-refractivity contribution in [2.45, 2.75) is 30.8 Å². The molecular weight excluding hydrogens is 368 g/mol. The van der Waals surface area contributed by atoms with Crippen molar-refractivity contribution in [1.82, 2.24) is 10.3 Å². The number of amides is 2. The zero-order valence-corrected chi connectivity index (χ0v) is 15.5. The van der Waals surface area contributed by atoms with E-state index >= 15 is 0 Å². The molecule has 0 aliphatic carbocycles. The van der Waals surface area contributed by atoms with Crippen molar-refractivity contribution in [3.05, 3.63) is 59.4 Å². The molecule has 2 heterocycles. The third-order valence-electron chi connectivity index (χ3n) is 4.15. The normalized spacial score (nSPS) is 18.9. The molecule has 3 atom stereocenters. The van der Waals surface area contributed by atoms with Crippen molar-refractivity contribution >= 4 is 22.9 Å². The second-order valence-electron chi connectivity index (χ2n) is 6.25. The van der Waals surface area contributed by atoms with Crippen LogP contribution in [0, 0.1) is 0 Å². The molecule has 1 aliphatic rings. The summed E-state index contributed by atoms with van der Waals surface area (Å²) in [7, 11) is 0. The molecule has 1 aliphatic heterocycles. The summed E-state index contributed by atoms with van der Waals surface area (Å²) in [6, 6.07) is 10.5. The number of aliphatic hydroxyl groups excluding tert-OH is 2. The van der Waals surface area contributed by atoms with E-state index in [9.17, 15) is 19.8 Å². The summed E-state index contributed by atoms with van der Waals surface area (Å²) in [5, 5.41) is 21.2. The zero-order chi connectivity index (χ0) is 19.4. The van der Waals surface area contributed by atoms with E-state index in [1.54, 1.807) is 31.2 Å². The van der Waals surface area contributed by atoms with Crippen LogP contribution in [0.25, 0.3) is 0 Å². The predicted octanol–water partition coefficient (Wildman–Crippen LogP) is 2.14. The highest BCUT2D eigenvalue weighted by molar-refractivity contribution is 8.15. The number of pyridine rings is 1. The number of imide groups is 1. The van der Waals surface area contributed by atoms with Gasteiger partial charge in [-0.05, 0) is 42.7 Å². The molecule has 3 N–H and O–H groups in total. The van der Waals surface area contributed by atoms with E-state index in [4.69, 9.17) is 4.74 Å². The van der Waals surface area contributed by atoms with Gasteiger partial charge >= 0.3 is 0 Å². The van der Waals surface area contributed by atoms with E-state index < -0.39 is 17.5 Å². The number of aliphatic hydroxyl groups is 2. The number of aromatic nitrogens is 1. The minimum Gasteiger partial charge on any atom is -0.490 e. The number of carbonyl (C=O) groups is 2. The van der Waals surface area contributed by atoms with E-state index in [0.717, 1.165) is 17.3 Å². The van der Waals surface area contributed by atoms with Gasteiger partial charge in [-0.3, -0.25) is 19.9 Å². The van der Waals surface area contributed by atoms with E-state index in [0.29, 0.717) is 23.4 Å². The van der Waals surface area contributed by atoms with Crippen LogP contribution in [0.5, 0.6) is 5.75 Å². The molecule has 0 saturated carbocycles. The topological polar surface area (TPSA) is 109 Å². The summed E-state index contributed by atoms with van der Waals surface area (Å²) in [6.07, 6.45) is 0.493. The number of nitrogens with one attached hydrogen (secondary N) is 1. The summed E-state index contributed by atoms with van der Waals surface area (Å²) >= 11 is 1.00. The quantitative estimate of drug-likeness (QED) is 0.667. The van der Waals surface area contributed by atoms with Crippen molar-refractivity contribution in [1.29, 1.82) is 0 Å². The number of benzene rings is 1. The first kappa shape index (κ1) is 19.3. The minimum atomic E-state index is -0.891. The second-order valence-corrected chi connectivity index (χ2v) is 7.43. The van der Waals surface area contributed by atoms with Gasteiger partial charge in [0.1, 0.15) is 18.5 Å². The number of hydrogen-bond donors (Lipinski definition) is 3. The summed E-state index contributed by atoms with van der Waals surface area (Å²) in [4.78, 5) is 26.9. The third-order valence-corrected chi connectivity index (χ3v) is 5.13. The van der Waals surface area contributed by atoms with Crippen LogP contribution in [-0.4, -0.2) is 38.2 Å². The standard InChI is InChI=1S/C19H20N2O5S/c1-11(22)13-4-7-15(20-9-13)16(23)10-26-14-5-2-12(3-6-14)8-17-18(24)21-19(25)27-17/h2-7,9,11,16-17,22-23H,8,10H2,1H3,(H,21,24,25). The first-order valence-corrected chi connectivity index (χ1v) is 9.35.